The van der Waals surface area contributed by atoms with Crippen LogP contribution in [0.3, 0.4) is 0 Å². The molecule has 1 fully saturated rings. The van der Waals surface area contributed by atoms with Gasteiger partial charge in [0.15, 0.2) is 0 Å². The minimum atomic E-state index is 0.472. The van der Waals surface area contributed by atoms with Crippen LogP contribution in [0.1, 0.15) is 31.7 Å². The molecular weight excluding hydrogens is 294 g/mol. The van der Waals surface area contributed by atoms with Gasteiger partial charge in [-0.3, -0.25) is 0 Å². The summed E-state index contributed by atoms with van der Waals surface area (Å²) in [5.74, 6) is 0. The molecule has 1 saturated carbocycles. The Morgan fingerprint density at radius 1 is 1.18 bits per heavy atom. The molecule has 0 atom stereocenters. The lowest BCUT2D eigenvalue weighted by atomic mass is 9.91. The average Bonchev–Trinajstić information content (AvgIpc) is 3.21. The number of fused-ring (bicyclic) bond motifs is 1. The van der Waals surface area contributed by atoms with Crippen molar-refractivity contribution in [1.82, 2.24) is 25.3 Å². The SMILES string of the molecule is CNC1CCC(n2cc(-c3nc4ccccc4s3)nn2)CC1. The fraction of sp³-hybridized carbons (Fsp3) is 0.438. The van der Waals surface area contributed by atoms with E-state index in [-0.39, 0.29) is 0 Å². The molecule has 4 rings (SSSR count). The molecule has 1 aromatic carbocycles. The van der Waals surface area contributed by atoms with Gasteiger partial charge in [-0.25, -0.2) is 9.67 Å². The quantitative estimate of drug-likeness (QED) is 0.806. The molecule has 6 heteroatoms. The van der Waals surface area contributed by atoms with E-state index in [0.29, 0.717) is 12.1 Å². The van der Waals surface area contributed by atoms with Gasteiger partial charge >= 0.3 is 0 Å². The summed E-state index contributed by atoms with van der Waals surface area (Å²) < 4.78 is 3.23. The monoisotopic (exact) mass is 313 g/mol. The Kier molecular flexibility index (Phi) is 3.63. The molecule has 2 aromatic heterocycles. The largest absolute Gasteiger partial charge is 0.317 e. The van der Waals surface area contributed by atoms with Crippen LogP contribution in [0.2, 0.25) is 0 Å². The smallest absolute Gasteiger partial charge is 0.146 e. The van der Waals surface area contributed by atoms with Gasteiger partial charge in [-0.05, 0) is 44.9 Å². The molecule has 0 amide bonds. The van der Waals surface area contributed by atoms with E-state index in [4.69, 9.17) is 0 Å². The second-order valence-corrected chi connectivity index (χ2v) is 6.90. The Morgan fingerprint density at radius 2 is 2.00 bits per heavy atom. The predicted molar refractivity (Wildman–Crippen MR) is 89.0 cm³/mol. The van der Waals surface area contributed by atoms with Gasteiger partial charge in [0.25, 0.3) is 0 Å². The van der Waals surface area contributed by atoms with Crippen LogP contribution < -0.4 is 5.32 Å². The number of rotatable bonds is 3. The van der Waals surface area contributed by atoms with Gasteiger partial charge < -0.3 is 5.32 Å². The summed E-state index contributed by atoms with van der Waals surface area (Å²) in [6.45, 7) is 0. The molecule has 1 aliphatic carbocycles. The number of nitrogens with one attached hydrogen (secondary N) is 1. The minimum absolute atomic E-state index is 0.472. The zero-order chi connectivity index (χ0) is 14.9. The van der Waals surface area contributed by atoms with Crippen LogP contribution >= 0.6 is 11.3 Å². The van der Waals surface area contributed by atoms with E-state index in [1.807, 2.05) is 29.9 Å². The first-order chi connectivity index (χ1) is 10.8. The zero-order valence-electron chi connectivity index (χ0n) is 12.6. The summed E-state index contributed by atoms with van der Waals surface area (Å²) in [6, 6.07) is 9.33. The van der Waals surface area contributed by atoms with Crippen molar-refractivity contribution in [1.29, 1.82) is 0 Å². The Balaban J connectivity index is 1.56. The number of benzene rings is 1. The molecule has 0 unspecified atom stereocenters. The number of thiazole rings is 1. The summed E-state index contributed by atoms with van der Waals surface area (Å²) in [6.07, 6.45) is 6.79. The number of para-hydroxylation sites is 1. The van der Waals surface area contributed by atoms with Gasteiger partial charge in [0.05, 0.1) is 22.5 Å². The highest BCUT2D eigenvalue weighted by Gasteiger charge is 2.22. The van der Waals surface area contributed by atoms with Crippen LogP contribution in [-0.4, -0.2) is 33.1 Å². The Morgan fingerprint density at radius 3 is 2.77 bits per heavy atom. The fourth-order valence-electron chi connectivity index (χ4n) is 3.16. The van der Waals surface area contributed by atoms with Crippen molar-refractivity contribution in [3.8, 4) is 10.7 Å². The molecule has 5 nitrogen and oxygen atoms in total. The molecule has 0 saturated heterocycles. The highest BCUT2D eigenvalue weighted by molar-refractivity contribution is 7.21. The number of aromatic nitrogens is 4. The Bertz CT molecular complexity index is 737. The topological polar surface area (TPSA) is 55.6 Å². The molecule has 3 aromatic rings. The molecule has 2 heterocycles. The maximum absolute atomic E-state index is 4.66. The van der Waals surface area contributed by atoms with Gasteiger partial charge in [-0.15, -0.1) is 16.4 Å². The van der Waals surface area contributed by atoms with Crippen molar-refractivity contribution in [3.63, 3.8) is 0 Å². The number of nitrogens with zero attached hydrogens (tertiary/aromatic N) is 4. The van der Waals surface area contributed by atoms with E-state index in [0.717, 1.165) is 29.1 Å². The van der Waals surface area contributed by atoms with Crippen molar-refractivity contribution in [2.45, 2.75) is 37.8 Å². The van der Waals surface area contributed by atoms with E-state index in [1.54, 1.807) is 11.3 Å². The second kappa shape index (κ2) is 5.78. The van der Waals surface area contributed by atoms with Crippen molar-refractivity contribution >= 4 is 21.6 Å². The third kappa shape index (κ3) is 2.53. The molecule has 22 heavy (non-hydrogen) atoms. The molecule has 0 spiro atoms. The standard InChI is InChI=1S/C16H19N5S/c1-17-11-6-8-12(9-7-11)21-10-14(19-20-21)16-18-13-4-2-3-5-15(13)22-16/h2-5,10-12,17H,6-9H2,1H3. The summed E-state index contributed by atoms with van der Waals surface area (Å²) >= 11 is 1.68. The van der Waals surface area contributed by atoms with Gasteiger partial charge in [0, 0.05) is 6.04 Å². The van der Waals surface area contributed by atoms with E-state index in [9.17, 15) is 0 Å². The van der Waals surface area contributed by atoms with Crippen LogP contribution in [0.15, 0.2) is 30.5 Å². The van der Waals surface area contributed by atoms with E-state index in [2.05, 4.69) is 32.9 Å². The molecule has 1 N–H and O–H groups in total. The maximum atomic E-state index is 4.66. The molecule has 0 bridgehead atoms. The number of hydrogen-bond donors (Lipinski definition) is 1. The lowest BCUT2D eigenvalue weighted by molar-refractivity contribution is 0.281. The maximum Gasteiger partial charge on any atom is 0.146 e. The highest BCUT2D eigenvalue weighted by atomic mass is 32.1. The van der Waals surface area contributed by atoms with Crippen molar-refractivity contribution < 1.29 is 0 Å². The summed E-state index contributed by atoms with van der Waals surface area (Å²) in [5, 5.41) is 13.0. The van der Waals surface area contributed by atoms with Crippen LogP contribution in [-0.2, 0) is 0 Å². The van der Waals surface area contributed by atoms with Crippen LogP contribution in [0, 0.1) is 0 Å². The first-order valence-corrected chi connectivity index (χ1v) is 8.60. The highest BCUT2D eigenvalue weighted by Crippen LogP contribution is 2.31. The minimum Gasteiger partial charge on any atom is -0.317 e. The van der Waals surface area contributed by atoms with Gasteiger partial charge in [0.2, 0.25) is 0 Å². The fourth-order valence-corrected chi connectivity index (χ4v) is 4.08. The van der Waals surface area contributed by atoms with Crippen LogP contribution in [0.25, 0.3) is 20.9 Å². The molecule has 0 radical (unpaired) electrons. The zero-order valence-corrected chi connectivity index (χ0v) is 13.4. The first kappa shape index (κ1) is 13.8. The molecule has 0 aliphatic heterocycles. The third-order valence-electron chi connectivity index (χ3n) is 4.50. The summed E-state index contributed by atoms with van der Waals surface area (Å²) in [7, 11) is 2.05. The Labute approximate surface area is 133 Å². The van der Waals surface area contributed by atoms with Crippen LogP contribution in [0.4, 0.5) is 0 Å². The molecular formula is C16H19N5S. The average molecular weight is 313 g/mol. The lowest BCUT2D eigenvalue weighted by Gasteiger charge is -2.27. The third-order valence-corrected chi connectivity index (χ3v) is 5.56. The second-order valence-electron chi connectivity index (χ2n) is 5.86. The normalized spacial score (nSPS) is 22.2. The summed E-state index contributed by atoms with van der Waals surface area (Å²) in [4.78, 5) is 4.66. The van der Waals surface area contributed by atoms with Gasteiger partial charge in [-0.2, -0.15) is 0 Å². The van der Waals surface area contributed by atoms with Gasteiger partial charge in [-0.1, -0.05) is 17.3 Å². The lowest BCUT2D eigenvalue weighted by Crippen LogP contribution is -2.31. The van der Waals surface area contributed by atoms with Crippen molar-refractivity contribution in [2.24, 2.45) is 0 Å². The molecule has 1 aliphatic rings. The van der Waals surface area contributed by atoms with Crippen molar-refractivity contribution in [3.05, 3.63) is 30.5 Å². The number of hydrogen-bond acceptors (Lipinski definition) is 5. The van der Waals surface area contributed by atoms with Crippen molar-refractivity contribution in [2.75, 3.05) is 7.05 Å². The molecule has 114 valence electrons. The summed E-state index contributed by atoms with van der Waals surface area (Å²) in [5.41, 5.74) is 1.92. The van der Waals surface area contributed by atoms with E-state index < -0.39 is 0 Å². The van der Waals surface area contributed by atoms with E-state index in [1.165, 1.54) is 17.5 Å². The van der Waals surface area contributed by atoms with Gasteiger partial charge in [0.1, 0.15) is 10.7 Å². The van der Waals surface area contributed by atoms with E-state index >= 15 is 0 Å². The Hall–Kier alpha value is -1.79. The van der Waals surface area contributed by atoms with Crippen LogP contribution in [0.5, 0.6) is 0 Å². The predicted octanol–water partition coefficient (Wildman–Crippen LogP) is 3.26. The first-order valence-electron chi connectivity index (χ1n) is 7.78.